The average molecular weight is 205 g/mol. The third-order valence-corrected chi connectivity index (χ3v) is 2.09. The number of esters is 1. The molecule has 0 bridgehead atoms. The van der Waals surface area contributed by atoms with Crippen LogP contribution in [0.4, 0.5) is 0 Å². The molecule has 0 aromatic heterocycles. The zero-order chi connectivity index (χ0) is 11.3. The fourth-order valence-corrected chi connectivity index (χ4v) is 1.20. The maximum Gasteiger partial charge on any atom is 0.335 e. The Balaban J connectivity index is 2.93. The molecule has 0 unspecified atom stereocenters. The Bertz CT molecular complexity index is 366. The molecule has 2 N–H and O–H groups in total. The number of aryl methyl sites for hydroxylation is 1. The van der Waals surface area contributed by atoms with Gasteiger partial charge in [0.2, 0.25) is 0 Å². The van der Waals surface area contributed by atoms with Gasteiger partial charge < -0.3 is 10.5 Å². The molecule has 0 heterocycles. The molecule has 0 radical (unpaired) electrons. The Hall–Kier alpha value is -1.61. The van der Waals surface area contributed by atoms with Gasteiger partial charge in [0.1, 0.15) is 0 Å². The van der Waals surface area contributed by atoms with Crippen molar-refractivity contribution in [3.05, 3.63) is 41.0 Å². The predicted molar refractivity (Wildman–Crippen MR) is 60.2 cm³/mol. The van der Waals surface area contributed by atoms with Gasteiger partial charge in [0, 0.05) is 6.54 Å². The first-order valence-corrected chi connectivity index (χ1v) is 4.73. The molecular formula is C12H15NO2. The van der Waals surface area contributed by atoms with Crippen LogP contribution in [-0.2, 0) is 9.53 Å². The summed E-state index contributed by atoms with van der Waals surface area (Å²) in [7, 11) is 1.35. The topological polar surface area (TPSA) is 52.3 Å². The fraction of sp³-hybridized carbons (Fsp3) is 0.250. The van der Waals surface area contributed by atoms with Gasteiger partial charge in [-0.15, -0.1) is 0 Å². The van der Waals surface area contributed by atoms with Gasteiger partial charge in [0.25, 0.3) is 0 Å². The number of benzene rings is 1. The number of ether oxygens (including phenoxy) is 1. The number of methoxy groups -OCH3 is 1. The number of hydrogen-bond acceptors (Lipinski definition) is 3. The van der Waals surface area contributed by atoms with Crippen molar-refractivity contribution in [1.82, 2.24) is 0 Å². The van der Waals surface area contributed by atoms with E-state index in [1.807, 2.05) is 31.2 Å². The van der Waals surface area contributed by atoms with Crippen LogP contribution < -0.4 is 5.73 Å². The summed E-state index contributed by atoms with van der Waals surface area (Å²) in [4.78, 5) is 11.2. The van der Waals surface area contributed by atoms with Gasteiger partial charge in [0.05, 0.1) is 12.7 Å². The van der Waals surface area contributed by atoms with Gasteiger partial charge in [-0.2, -0.15) is 0 Å². The molecule has 1 aromatic rings. The van der Waals surface area contributed by atoms with Gasteiger partial charge in [0.15, 0.2) is 0 Å². The molecule has 3 heteroatoms. The van der Waals surface area contributed by atoms with Crippen molar-refractivity contribution in [1.29, 1.82) is 0 Å². The monoisotopic (exact) mass is 205 g/mol. The Morgan fingerprint density at radius 3 is 2.47 bits per heavy atom. The predicted octanol–water partition coefficient (Wildman–Crippen LogP) is 1.51. The van der Waals surface area contributed by atoms with E-state index in [0.717, 1.165) is 5.56 Å². The van der Waals surface area contributed by atoms with E-state index in [1.165, 1.54) is 12.7 Å². The summed E-state index contributed by atoms with van der Waals surface area (Å²) in [6.45, 7) is 2.19. The highest BCUT2D eigenvalue weighted by Gasteiger charge is 2.06. The Kier molecular flexibility index (Phi) is 4.06. The van der Waals surface area contributed by atoms with Crippen LogP contribution in [0.25, 0.3) is 6.08 Å². The summed E-state index contributed by atoms with van der Waals surface area (Å²) in [5.41, 5.74) is 8.06. The van der Waals surface area contributed by atoms with Crippen molar-refractivity contribution in [2.45, 2.75) is 6.92 Å². The molecular weight excluding hydrogens is 190 g/mol. The summed E-state index contributed by atoms with van der Waals surface area (Å²) in [5.74, 6) is -0.377. The van der Waals surface area contributed by atoms with Gasteiger partial charge >= 0.3 is 5.97 Å². The van der Waals surface area contributed by atoms with E-state index in [1.54, 1.807) is 6.08 Å². The smallest absolute Gasteiger partial charge is 0.335 e. The van der Waals surface area contributed by atoms with Crippen molar-refractivity contribution in [3.63, 3.8) is 0 Å². The number of carbonyl (C=O) groups excluding carboxylic acids is 1. The van der Waals surface area contributed by atoms with E-state index < -0.39 is 0 Å². The fourth-order valence-electron chi connectivity index (χ4n) is 1.20. The number of carbonyl (C=O) groups is 1. The highest BCUT2D eigenvalue weighted by atomic mass is 16.5. The molecule has 0 aliphatic heterocycles. The van der Waals surface area contributed by atoms with Gasteiger partial charge in [-0.3, -0.25) is 0 Å². The molecule has 80 valence electrons. The lowest BCUT2D eigenvalue weighted by Gasteiger charge is -2.02. The minimum atomic E-state index is -0.377. The molecule has 0 saturated heterocycles. The van der Waals surface area contributed by atoms with E-state index in [0.29, 0.717) is 5.57 Å². The van der Waals surface area contributed by atoms with Crippen molar-refractivity contribution in [3.8, 4) is 0 Å². The van der Waals surface area contributed by atoms with Gasteiger partial charge in [-0.25, -0.2) is 4.79 Å². The van der Waals surface area contributed by atoms with Crippen LogP contribution in [0, 0.1) is 6.92 Å². The highest BCUT2D eigenvalue weighted by Crippen LogP contribution is 2.08. The van der Waals surface area contributed by atoms with Crippen LogP contribution >= 0.6 is 0 Å². The molecule has 3 nitrogen and oxygen atoms in total. The molecule has 1 rings (SSSR count). The number of nitrogens with two attached hydrogens (primary N) is 1. The third-order valence-electron chi connectivity index (χ3n) is 2.09. The van der Waals surface area contributed by atoms with Crippen molar-refractivity contribution < 1.29 is 9.53 Å². The van der Waals surface area contributed by atoms with E-state index in [4.69, 9.17) is 5.73 Å². The second-order valence-corrected chi connectivity index (χ2v) is 3.28. The molecule has 1 aromatic carbocycles. The van der Waals surface area contributed by atoms with Crippen molar-refractivity contribution >= 4 is 12.0 Å². The summed E-state index contributed by atoms with van der Waals surface area (Å²) in [5, 5.41) is 0. The van der Waals surface area contributed by atoms with Crippen LogP contribution in [0.2, 0.25) is 0 Å². The van der Waals surface area contributed by atoms with E-state index in [2.05, 4.69) is 4.74 Å². The van der Waals surface area contributed by atoms with Crippen LogP contribution in [0.3, 0.4) is 0 Å². The molecule has 0 aliphatic carbocycles. The third kappa shape index (κ3) is 3.22. The first kappa shape index (κ1) is 11.5. The quantitative estimate of drug-likeness (QED) is 0.601. The summed E-state index contributed by atoms with van der Waals surface area (Å²) in [6.07, 6.45) is 1.74. The molecule has 0 saturated carbocycles. The van der Waals surface area contributed by atoms with E-state index >= 15 is 0 Å². The minimum absolute atomic E-state index is 0.181. The second kappa shape index (κ2) is 5.32. The molecule has 0 aliphatic rings. The molecule has 0 fully saturated rings. The molecule has 0 spiro atoms. The second-order valence-electron chi connectivity index (χ2n) is 3.28. The lowest BCUT2D eigenvalue weighted by Crippen LogP contribution is -2.13. The van der Waals surface area contributed by atoms with E-state index in [-0.39, 0.29) is 12.5 Å². The Morgan fingerprint density at radius 1 is 1.40 bits per heavy atom. The van der Waals surface area contributed by atoms with Gasteiger partial charge in [-0.1, -0.05) is 29.8 Å². The normalized spacial score (nSPS) is 11.3. The Labute approximate surface area is 89.5 Å². The largest absolute Gasteiger partial charge is 0.466 e. The highest BCUT2D eigenvalue weighted by molar-refractivity contribution is 5.94. The summed E-state index contributed by atoms with van der Waals surface area (Å²) in [6, 6.07) is 7.84. The summed E-state index contributed by atoms with van der Waals surface area (Å²) >= 11 is 0. The first-order valence-electron chi connectivity index (χ1n) is 4.73. The Morgan fingerprint density at radius 2 is 2.00 bits per heavy atom. The first-order chi connectivity index (χ1) is 7.17. The zero-order valence-electron chi connectivity index (χ0n) is 8.99. The van der Waals surface area contributed by atoms with Crippen molar-refractivity contribution in [2.24, 2.45) is 5.73 Å². The maximum absolute atomic E-state index is 11.2. The van der Waals surface area contributed by atoms with Crippen LogP contribution in [0.15, 0.2) is 29.8 Å². The van der Waals surface area contributed by atoms with Crippen LogP contribution in [-0.4, -0.2) is 19.6 Å². The molecule has 0 atom stereocenters. The SMILES string of the molecule is COC(=O)C(=Cc1ccc(C)cc1)CN. The molecule has 15 heavy (non-hydrogen) atoms. The van der Waals surface area contributed by atoms with Crippen LogP contribution in [0.1, 0.15) is 11.1 Å². The standard InChI is InChI=1S/C12H15NO2/c1-9-3-5-10(6-4-9)7-11(8-13)12(14)15-2/h3-7H,8,13H2,1-2H3. The zero-order valence-corrected chi connectivity index (χ0v) is 8.99. The van der Waals surface area contributed by atoms with E-state index in [9.17, 15) is 4.79 Å². The van der Waals surface area contributed by atoms with Crippen molar-refractivity contribution in [2.75, 3.05) is 13.7 Å². The number of hydrogen-bond donors (Lipinski definition) is 1. The molecule has 0 amide bonds. The van der Waals surface area contributed by atoms with Gasteiger partial charge in [-0.05, 0) is 18.6 Å². The average Bonchev–Trinajstić information content (AvgIpc) is 2.27. The van der Waals surface area contributed by atoms with Crippen LogP contribution in [0.5, 0.6) is 0 Å². The lowest BCUT2D eigenvalue weighted by molar-refractivity contribution is -0.136. The summed E-state index contributed by atoms with van der Waals surface area (Å²) < 4.78 is 4.61. The number of rotatable bonds is 3. The maximum atomic E-state index is 11.2. The minimum Gasteiger partial charge on any atom is -0.466 e. The lowest BCUT2D eigenvalue weighted by atomic mass is 10.1.